The largest absolute Gasteiger partial charge is 0.319 e. The highest BCUT2D eigenvalue weighted by Gasteiger charge is 2.34. The van der Waals surface area contributed by atoms with E-state index in [-0.39, 0.29) is 18.5 Å². The molecule has 0 aliphatic carbocycles. The van der Waals surface area contributed by atoms with Crippen molar-refractivity contribution in [1.29, 1.82) is 0 Å². The van der Waals surface area contributed by atoms with Gasteiger partial charge in [0.15, 0.2) is 0 Å². The summed E-state index contributed by atoms with van der Waals surface area (Å²) in [6.07, 6.45) is 4.89. The molecule has 0 N–H and O–H groups in total. The third-order valence-corrected chi connectivity index (χ3v) is 2.74. The zero-order valence-corrected chi connectivity index (χ0v) is 8.91. The molecule has 2 heterocycles. The van der Waals surface area contributed by atoms with Gasteiger partial charge in [0.2, 0.25) is 0 Å². The Morgan fingerprint density at radius 2 is 1.71 bits per heavy atom. The van der Waals surface area contributed by atoms with Crippen LogP contribution in [0.1, 0.15) is 20.7 Å². The van der Waals surface area contributed by atoms with Gasteiger partial charge in [-0.2, -0.15) is 0 Å². The number of carbonyl (C=O) groups is 2. The summed E-state index contributed by atoms with van der Waals surface area (Å²) in [6, 6.07) is 6.85. The number of nitrogens with zero attached hydrogens (tertiary/aromatic N) is 3. The lowest BCUT2D eigenvalue weighted by molar-refractivity contribution is 0.0606. The van der Waals surface area contributed by atoms with Gasteiger partial charge in [-0.25, -0.2) is 4.98 Å². The molecule has 2 aromatic rings. The highest BCUT2D eigenvalue weighted by Crippen LogP contribution is 2.22. The van der Waals surface area contributed by atoms with Gasteiger partial charge in [-0.05, 0) is 12.1 Å². The molecule has 17 heavy (non-hydrogen) atoms. The van der Waals surface area contributed by atoms with Gasteiger partial charge in [0.25, 0.3) is 11.8 Å². The lowest BCUT2D eigenvalue weighted by Gasteiger charge is -2.13. The van der Waals surface area contributed by atoms with E-state index in [0.29, 0.717) is 11.1 Å². The van der Waals surface area contributed by atoms with E-state index in [9.17, 15) is 9.59 Å². The molecular formula is C12H9N3O2. The number of amides is 2. The number of hydrogen-bond acceptors (Lipinski definition) is 3. The third-order valence-electron chi connectivity index (χ3n) is 2.74. The molecule has 84 valence electrons. The van der Waals surface area contributed by atoms with Gasteiger partial charge in [-0.3, -0.25) is 14.5 Å². The molecule has 0 atom stereocenters. The molecule has 0 bridgehead atoms. The van der Waals surface area contributed by atoms with Crippen molar-refractivity contribution in [3.05, 3.63) is 54.1 Å². The monoisotopic (exact) mass is 227 g/mol. The number of rotatable bonds is 2. The normalized spacial score (nSPS) is 14.2. The molecule has 1 aliphatic heterocycles. The van der Waals surface area contributed by atoms with Crippen molar-refractivity contribution in [3.8, 4) is 0 Å². The number of imide groups is 1. The fourth-order valence-corrected chi connectivity index (χ4v) is 1.90. The van der Waals surface area contributed by atoms with Crippen LogP contribution in [-0.2, 0) is 6.67 Å². The SMILES string of the molecule is O=C1c2ccccc2C(=O)N1Cn1ccnc1. The van der Waals surface area contributed by atoms with Gasteiger partial charge in [0.05, 0.1) is 17.5 Å². The maximum Gasteiger partial charge on any atom is 0.263 e. The van der Waals surface area contributed by atoms with Crippen LogP contribution in [0.3, 0.4) is 0 Å². The molecule has 5 heteroatoms. The summed E-state index contributed by atoms with van der Waals surface area (Å²) in [7, 11) is 0. The summed E-state index contributed by atoms with van der Waals surface area (Å²) >= 11 is 0. The van der Waals surface area contributed by atoms with Gasteiger partial charge in [0, 0.05) is 12.4 Å². The van der Waals surface area contributed by atoms with Crippen LogP contribution in [-0.4, -0.2) is 26.3 Å². The summed E-state index contributed by atoms with van der Waals surface area (Å²) in [5.74, 6) is -0.501. The highest BCUT2D eigenvalue weighted by molar-refractivity contribution is 6.21. The van der Waals surface area contributed by atoms with Crippen molar-refractivity contribution in [3.63, 3.8) is 0 Å². The number of carbonyl (C=O) groups excluding carboxylic acids is 2. The fourth-order valence-electron chi connectivity index (χ4n) is 1.90. The van der Waals surface area contributed by atoms with Gasteiger partial charge < -0.3 is 4.57 Å². The summed E-state index contributed by atoms with van der Waals surface area (Å²) in [5, 5.41) is 0. The molecule has 1 aromatic heterocycles. The standard InChI is InChI=1S/C12H9N3O2/c16-11-9-3-1-2-4-10(9)12(17)15(11)8-14-6-5-13-7-14/h1-7H,8H2. The topological polar surface area (TPSA) is 55.2 Å². The molecule has 0 saturated carbocycles. The summed E-state index contributed by atoms with van der Waals surface area (Å²) < 4.78 is 1.68. The third kappa shape index (κ3) is 1.44. The zero-order valence-electron chi connectivity index (χ0n) is 8.91. The van der Waals surface area contributed by atoms with Crippen LogP contribution in [0, 0.1) is 0 Å². The second-order valence-electron chi connectivity index (χ2n) is 3.80. The van der Waals surface area contributed by atoms with E-state index in [1.807, 2.05) is 0 Å². The smallest absolute Gasteiger partial charge is 0.263 e. The van der Waals surface area contributed by atoms with Crippen molar-refractivity contribution in [2.75, 3.05) is 0 Å². The van der Waals surface area contributed by atoms with Crippen molar-refractivity contribution in [2.45, 2.75) is 6.67 Å². The molecule has 2 amide bonds. The van der Waals surface area contributed by atoms with Gasteiger partial charge in [0.1, 0.15) is 6.67 Å². The van der Waals surface area contributed by atoms with Crippen molar-refractivity contribution in [2.24, 2.45) is 0 Å². The Morgan fingerprint density at radius 3 is 2.24 bits per heavy atom. The first-order valence-corrected chi connectivity index (χ1v) is 5.18. The molecule has 0 spiro atoms. The molecule has 0 saturated heterocycles. The maximum absolute atomic E-state index is 12.0. The van der Waals surface area contributed by atoms with Crippen molar-refractivity contribution >= 4 is 11.8 Å². The quantitative estimate of drug-likeness (QED) is 0.723. The Bertz CT molecular complexity index is 555. The van der Waals surface area contributed by atoms with E-state index in [2.05, 4.69) is 4.98 Å². The Labute approximate surface area is 97.3 Å². The van der Waals surface area contributed by atoms with Gasteiger partial charge in [-0.15, -0.1) is 0 Å². The summed E-state index contributed by atoms with van der Waals surface area (Å²) in [4.78, 5) is 29.1. The van der Waals surface area contributed by atoms with Gasteiger partial charge >= 0.3 is 0 Å². The summed E-state index contributed by atoms with van der Waals surface area (Å²) in [6.45, 7) is 0.201. The first kappa shape index (κ1) is 9.77. The second kappa shape index (κ2) is 3.55. The number of benzene rings is 1. The number of hydrogen-bond donors (Lipinski definition) is 0. The number of aromatic nitrogens is 2. The molecule has 5 nitrogen and oxygen atoms in total. The lowest BCUT2D eigenvalue weighted by Crippen LogP contribution is -2.31. The van der Waals surface area contributed by atoms with Crippen LogP contribution >= 0.6 is 0 Å². The van der Waals surface area contributed by atoms with Gasteiger partial charge in [-0.1, -0.05) is 12.1 Å². The van der Waals surface area contributed by atoms with E-state index in [4.69, 9.17) is 0 Å². The second-order valence-corrected chi connectivity index (χ2v) is 3.80. The predicted molar refractivity (Wildman–Crippen MR) is 59.2 cm³/mol. The van der Waals surface area contributed by atoms with Crippen LogP contribution in [0.25, 0.3) is 0 Å². The predicted octanol–water partition coefficient (Wildman–Crippen LogP) is 1.14. The maximum atomic E-state index is 12.0. The Morgan fingerprint density at radius 1 is 1.06 bits per heavy atom. The number of imidazole rings is 1. The lowest BCUT2D eigenvalue weighted by atomic mass is 10.1. The average molecular weight is 227 g/mol. The zero-order chi connectivity index (χ0) is 11.8. The van der Waals surface area contributed by atoms with Crippen LogP contribution in [0.5, 0.6) is 0 Å². The molecule has 0 fully saturated rings. The molecular weight excluding hydrogens is 218 g/mol. The number of fused-ring (bicyclic) bond motifs is 1. The van der Waals surface area contributed by atoms with E-state index >= 15 is 0 Å². The average Bonchev–Trinajstić information content (AvgIpc) is 2.94. The highest BCUT2D eigenvalue weighted by atomic mass is 16.2. The fraction of sp³-hybridized carbons (Fsp3) is 0.0833. The van der Waals surface area contributed by atoms with E-state index in [1.54, 1.807) is 47.6 Å². The Balaban J connectivity index is 1.95. The minimum absolute atomic E-state index is 0.201. The van der Waals surface area contributed by atoms with E-state index in [1.165, 1.54) is 4.90 Å². The van der Waals surface area contributed by atoms with Crippen LogP contribution in [0.2, 0.25) is 0 Å². The summed E-state index contributed by atoms with van der Waals surface area (Å²) in [5.41, 5.74) is 0.940. The van der Waals surface area contributed by atoms with Crippen molar-refractivity contribution in [1.82, 2.24) is 14.5 Å². The molecule has 1 aliphatic rings. The van der Waals surface area contributed by atoms with E-state index in [0.717, 1.165) is 0 Å². The van der Waals surface area contributed by atoms with Crippen molar-refractivity contribution < 1.29 is 9.59 Å². The van der Waals surface area contributed by atoms with E-state index < -0.39 is 0 Å². The minimum Gasteiger partial charge on any atom is -0.319 e. The molecule has 0 radical (unpaired) electrons. The van der Waals surface area contributed by atoms with Crippen LogP contribution < -0.4 is 0 Å². The first-order chi connectivity index (χ1) is 8.27. The molecule has 0 unspecified atom stereocenters. The Hall–Kier alpha value is -2.43. The minimum atomic E-state index is -0.251. The first-order valence-electron chi connectivity index (χ1n) is 5.18. The van der Waals surface area contributed by atoms with Crippen LogP contribution in [0.15, 0.2) is 43.0 Å². The molecule has 3 rings (SSSR count). The molecule has 1 aromatic carbocycles. The van der Waals surface area contributed by atoms with Crippen LogP contribution in [0.4, 0.5) is 0 Å². The Kier molecular flexibility index (Phi) is 2.04.